The molecule has 1 unspecified atom stereocenters. The Hall–Kier alpha value is -0.540. The van der Waals surface area contributed by atoms with Gasteiger partial charge in [0, 0.05) is 6.04 Å². The highest BCUT2D eigenvalue weighted by Crippen LogP contribution is 2.25. The van der Waals surface area contributed by atoms with Gasteiger partial charge in [0.15, 0.2) is 0 Å². The number of carbonyl (C=O) groups is 1. The number of thiophene rings is 1. The molecule has 1 atom stereocenters. The molecular weight excluding hydrogens is 206 g/mol. The Bertz CT molecular complexity index is 295. The number of halogens is 1. The fourth-order valence-corrected chi connectivity index (χ4v) is 2.03. The van der Waals surface area contributed by atoms with Gasteiger partial charge in [-0.2, -0.15) is 11.3 Å². The summed E-state index contributed by atoms with van der Waals surface area (Å²) >= 11 is 7.52. The zero-order valence-corrected chi connectivity index (χ0v) is 8.57. The van der Waals surface area contributed by atoms with Crippen molar-refractivity contribution in [2.45, 2.75) is 24.3 Å². The van der Waals surface area contributed by atoms with Gasteiger partial charge < -0.3 is 5.32 Å². The summed E-state index contributed by atoms with van der Waals surface area (Å²) < 4.78 is 0. The molecule has 1 N–H and O–H groups in total. The molecule has 1 heterocycles. The average Bonchev–Trinajstić information content (AvgIpc) is 2.78. The molecule has 1 aliphatic carbocycles. The third-order valence-corrected chi connectivity index (χ3v) is 3.14. The first kappa shape index (κ1) is 9.03. The van der Waals surface area contributed by atoms with Crippen LogP contribution in [0.15, 0.2) is 16.8 Å². The summed E-state index contributed by atoms with van der Waals surface area (Å²) in [4.78, 5) is 11.5. The minimum absolute atomic E-state index is 0.0671. The van der Waals surface area contributed by atoms with Crippen LogP contribution < -0.4 is 5.32 Å². The van der Waals surface area contributed by atoms with E-state index in [1.54, 1.807) is 11.3 Å². The molecular formula is C9H10ClNOS. The maximum Gasteiger partial charge on any atom is 0.242 e. The van der Waals surface area contributed by atoms with E-state index >= 15 is 0 Å². The summed E-state index contributed by atoms with van der Waals surface area (Å²) in [6.45, 7) is 0. The summed E-state index contributed by atoms with van der Waals surface area (Å²) in [5, 5.41) is 6.19. The maximum atomic E-state index is 11.5. The SMILES string of the molecule is O=C(NC1CC1)C(Cl)c1ccsc1. The van der Waals surface area contributed by atoms with Crippen LogP contribution in [0.2, 0.25) is 0 Å². The van der Waals surface area contributed by atoms with Crippen LogP contribution in [0, 0.1) is 0 Å². The molecule has 0 spiro atoms. The second kappa shape index (κ2) is 3.68. The number of rotatable bonds is 3. The maximum absolute atomic E-state index is 11.5. The van der Waals surface area contributed by atoms with Gasteiger partial charge in [-0.3, -0.25) is 4.79 Å². The van der Waals surface area contributed by atoms with E-state index in [0.717, 1.165) is 18.4 Å². The van der Waals surface area contributed by atoms with Crippen LogP contribution in [-0.2, 0) is 4.79 Å². The van der Waals surface area contributed by atoms with Crippen molar-refractivity contribution < 1.29 is 4.79 Å². The number of amides is 1. The topological polar surface area (TPSA) is 29.1 Å². The van der Waals surface area contributed by atoms with Crippen LogP contribution in [-0.4, -0.2) is 11.9 Å². The van der Waals surface area contributed by atoms with Crippen LogP contribution in [0.3, 0.4) is 0 Å². The lowest BCUT2D eigenvalue weighted by Crippen LogP contribution is -2.28. The van der Waals surface area contributed by atoms with E-state index in [-0.39, 0.29) is 5.91 Å². The van der Waals surface area contributed by atoms with Gasteiger partial charge >= 0.3 is 0 Å². The Labute approximate surface area is 85.9 Å². The quantitative estimate of drug-likeness (QED) is 0.771. The van der Waals surface area contributed by atoms with Gasteiger partial charge in [0.2, 0.25) is 5.91 Å². The zero-order chi connectivity index (χ0) is 9.26. The van der Waals surface area contributed by atoms with E-state index in [9.17, 15) is 4.79 Å². The second-order valence-corrected chi connectivity index (χ2v) is 4.42. The highest BCUT2D eigenvalue weighted by Gasteiger charge is 2.27. The molecule has 70 valence electrons. The molecule has 0 bridgehead atoms. The predicted molar refractivity (Wildman–Crippen MR) is 54.1 cm³/mol. The van der Waals surface area contributed by atoms with Gasteiger partial charge in [-0.05, 0) is 35.2 Å². The molecule has 0 aromatic carbocycles. The highest BCUT2D eigenvalue weighted by atomic mass is 35.5. The molecule has 0 saturated heterocycles. The Morgan fingerprint density at radius 2 is 2.46 bits per heavy atom. The van der Waals surface area contributed by atoms with Crippen molar-refractivity contribution in [1.29, 1.82) is 0 Å². The van der Waals surface area contributed by atoms with E-state index < -0.39 is 5.38 Å². The Kier molecular flexibility index (Phi) is 2.56. The highest BCUT2D eigenvalue weighted by molar-refractivity contribution is 7.08. The molecule has 0 radical (unpaired) electrons. The summed E-state index contributed by atoms with van der Waals surface area (Å²) in [6, 6.07) is 2.27. The Morgan fingerprint density at radius 3 is 3.00 bits per heavy atom. The van der Waals surface area contributed by atoms with Crippen molar-refractivity contribution in [1.82, 2.24) is 5.32 Å². The normalized spacial score (nSPS) is 18.2. The second-order valence-electron chi connectivity index (χ2n) is 3.20. The standard InChI is InChI=1S/C9H10ClNOS/c10-8(6-3-4-13-5-6)9(12)11-7-1-2-7/h3-5,7-8H,1-2H2,(H,11,12). The van der Waals surface area contributed by atoms with Gasteiger partial charge in [0.05, 0.1) is 0 Å². The fraction of sp³-hybridized carbons (Fsp3) is 0.444. The molecule has 1 saturated carbocycles. The molecule has 1 fully saturated rings. The van der Waals surface area contributed by atoms with Gasteiger partial charge in [-0.15, -0.1) is 11.6 Å². The molecule has 1 aromatic heterocycles. The summed E-state index contributed by atoms with van der Waals surface area (Å²) in [7, 11) is 0. The van der Waals surface area contributed by atoms with E-state index in [1.807, 2.05) is 16.8 Å². The van der Waals surface area contributed by atoms with Crippen molar-refractivity contribution in [3.05, 3.63) is 22.4 Å². The third-order valence-electron chi connectivity index (χ3n) is 1.99. The van der Waals surface area contributed by atoms with Crippen molar-refractivity contribution >= 4 is 28.8 Å². The van der Waals surface area contributed by atoms with E-state index in [0.29, 0.717) is 6.04 Å². The average molecular weight is 216 g/mol. The van der Waals surface area contributed by atoms with Crippen LogP contribution >= 0.6 is 22.9 Å². The smallest absolute Gasteiger partial charge is 0.242 e. The Balaban J connectivity index is 1.95. The van der Waals surface area contributed by atoms with Gasteiger partial charge in [-0.1, -0.05) is 0 Å². The summed E-state index contributed by atoms with van der Waals surface area (Å²) in [6.07, 6.45) is 2.19. The van der Waals surface area contributed by atoms with Crippen LogP contribution in [0.25, 0.3) is 0 Å². The number of hydrogen-bond acceptors (Lipinski definition) is 2. The number of carbonyl (C=O) groups excluding carboxylic acids is 1. The minimum Gasteiger partial charge on any atom is -0.352 e. The van der Waals surface area contributed by atoms with Crippen LogP contribution in [0.1, 0.15) is 23.8 Å². The molecule has 2 nitrogen and oxygen atoms in total. The molecule has 13 heavy (non-hydrogen) atoms. The van der Waals surface area contributed by atoms with Crippen LogP contribution in [0.4, 0.5) is 0 Å². The number of nitrogens with one attached hydrogen (secondary N) is 1. The monoisotopic (exact) mass is 215 g/mol. The van der Waals surface area contributed by atoms with E-state index in [2.05, 4.69) is 5.32 Å². The largest absolute Gasteiger partial charge is 0.352 e. The van der Waals surface area contributed by atoms with Gasteiger partial charge in [-0.25, -0.2) is 0 Å². The molecule has 4 heteroatoms. The van der Waals surface area contributed by atoms with Crippen molar-refractivity contribution in [2.75, 3.05) is 0 Å². The van der Waals surface area contributed by atoms with Crippen molar-refractivity contribution in [3.63, 3.8) is 0 Å². The predicted octanol–water partition coefficient (Wildman–Crippen LogP) is 2.31. The van der Waals surface area contributed by atoms with Crippen molar-refractivity contribution in [3.8, 4) is 0 Å². The molecule has 2 rings (SSSR count). The lowest BCUT2D eigenvalue weighted by atomic mass is 10.2. The van der Waals surface area contributed by atoms with Gasteiger partial charge in [0.25, 0.3) is 0 Å². The molecule has 1 amide bonds. The first-order valence-electron chi connectivity index (χ1n) is 4.24. The summed E-state index contributed by atoms with van der Waals surface area (Å²) in [5.41, 5.74) is 0.893. The lowest BCUT2D eigenvalue weighted by molar-refractivity contribution is -0.120. The lowest BCUT2D eigenvalue weighted by Gasteiger charge is -2.07. The van der Waals surface area contributed by atoms with E-state index in [4.69, 9.17) is 11.6 Å². The fourth-order valence-electron chi connectivity index (χ4n) is 1.07. The minimum atomic E-state index is -0.521. The third kappa shape index (κ3) is 2.23. The van der Waals surface area contributed by atoms with Crippen molar-refractivity contribution in [2.24, 2.45) is 0 Å². The number of hydrogen-bond donors (Lipinski definition) is 1. The summed E-state index contributed by atoms with van der Waals surface area (Å²) in [5.74, 6) is -0.0671. The molecule has 0 aliphatic heterocycles. The van der Waals surface area contributed by atoms with Crippen LogP contribution in [0.5, 0.6) is 0 Å². The Morgan fingerprint density at radius 1 is 1.69 bits per heavy atom. The molecule has 1 aromatic rings. The van der Waals surface area contributed by atoms with E-state index in [1.165, 1.54) is 0 Å². The zero-order valence-electron chi connectivity index (χ0n) is 7.00. The number of alkyl halides is 1. The molecule has 1 aliphatic rings. The first-order valence-corrected chi connectivity index (χ1v) is 5.62. The first-order chi connectivity index (χ1) is 6.27. The van der Waals surface area contributed by atoms with Gasteiger partial charge in [0.1, 0.15) is 5.38 Å².